The maximum Gasteiger partial charge on any atom is 0.336 e. The van der Waals surface area contributed by atoms with Gasteiger partial charge in [0.15, 0.2) is 5.60 Å². The molecule has 0 heterocycles. The van der Waals surface area contributed by atoms with E-state index in [0.29, 0.717) is 0 Å². The van der Waals surface area contributed by atoms with E-state index in [2.05, 4.69) is 12.2 Å². The van der Waals surface area contributed by atoms with Crippen LogP contribution in [0.5, 0.6) is 0 Å². The minimum atomic E-state index is -1.68. The second-order valence-corrected chi connectivity index (χ2v) is 4.84. The Morgan fingerprint density at radius 2 is 2.21 bits per heavy atom. The second-order valence-electron chi connectivity index (χ2n) is 3.52. The fourth-order valence-electron chi connectivity index (χ4n) is 0.802. The highest BCUT2D eigenvalue weighted by molar-refractivity contribution is 7.99. The van der Waals surface area contributed by atoms with Crippen molar-refractivity contribution in [2.24, 2.45) is 0 Å². The second kappa shape index (κ2) is 6.27. The molecule has 2 atom stereocenters. The molecule has 0 aromatic carbocycles. The molecule has 0 aliphatic carbocycles. The van der Waals surface area contributed by atoms with Gasteiger partial charge in [-0.15, -0.1) is 0 Å². The lowest BCUT2D eigenvalue weighted by Gasteiger charge is -2.21. The van der Waals surface area contributed by atoms with Gasteiger partial charge in [-0.3, -0.25) is 0 Å². The molecule has 3 N–H and O–H groups in total. The first kappa shape index (κ1) is 13.7. The van der Waals surface area contributed by atoms with E-state index in [4.69, 9.17) is 5.11 Å². The maximum absolute atomic E-state index is 10.6. The van der Waals surface area contributed by atoms with Crippen LogP contribution in [0, 0.1) is 0 Å². The molecule has 5 heteroatoms. The third kappa shape index (κ3) is 5.47. The van der Waals surface area contributed by atoms with Gasteiger partial charge in [0.2, 0.25) is 0 Å². The molecule has 0 fully saturated rings. The van der Waals surface area contributed by atoms with Crippen LogP contribution < -0.4 is 5.32 Å². The molecule has 0 amide bonds. The number of carbonyl (C=O) groups is 1. The van der Waals surface area contributed by atoms with Crippen molar-refractivity contribution in [1.29, 1.82) is 0 Å². The smallest absolute Gasteiger partial charge is 0.336 e. The fraction of sp³-hybridized carbons (Fsp3) is 0.889. The Kier molecular flexibility index (Phi) is 6.15. The highest BCUT2D eigenvalue weighted by Crippen LogP contribution is 2.04. The molecule has 0 aliphatic rings. The van der Waals surface area contributed by atoms with Crippen molar-refractivity contribution in [3.8, 4) is 0 Å². The van der Waals surface area contributed by atoms with Gasteiger partial charge in [-0.05, 0) is 19.6 Å². The first-order valence-electron chi connectivity index (χ1n) is 4.67. The Balaban J connectivity index is 3.75. The molecule has 14 heavy (non-hydrogen) atoms. The molecular formula is C9H19NO3S. The average molecular weight is 221 g/mol. The van der Waals surface area contributed by atoms with Gasteiger partial charge in [0, 0.05) is 18.3 Å². The summed E-state index contributed by atoms with van der Waals surface area (Å²) in [5.41, 5.74) is -1.68. The highest BCUT2D eigenvalue weighted by Gasteiger charge is 2.29. The van der Waals surface area contributed by atoms with E-state index in [1.54, 1.807) is 11.8 Å². The van der Waals surface area contributed by atoms with Crippen molar-refractivity contribution in [3.63, 3.8) is 0 Å². The molecule has 0 saturated carbocycles. The molecule has 2 unspecified atom stereocenters. The molecule has 0 spiro atoms. The third-order valence-electron chi connectivity index (χ3n) is 1.83. The van der Waals surface area contributed by atoms with Gasteiger partial charge >= 0.3 is 5.97 Å². The van der Waals surface area contributed by atoms with Crippen LogP contribution in [-0.4, -0.2) is 45.9 Å². The average Bonchev–Trinajstić information content (AvgIpc) is 2.11. The van der Waals surface area contributed by atoms with Crippen molar-refractivity contribution in [2.45, 2.75) is 32.4 Å². The van der Waals surface area contributed by atoms with Crippen molar-refractivity contribution in [3.05, 3.63) is 0 Å². The number of carboxylic acids is 1. The van der Waals surface area contributed by atoms with E-state index < -0.39 is 11.6 Å². The highest BCUT2D eigenvalue weighted by atomic mass is 32.2. The minimum Gasteiger partial charge on any atom is -0.479 e. The molecule has 84 valence electrons. The van der Waals surface area contributed by atoms with Gasteiger partial charge in [-0.1, -0.05) is 6.92 Å². The van der Waals surface area contributed by atoms with E-state index >= 15 is 0 Å². The van der Waals surface area contributed by atoms with Gasteiger partial charge in [0.1, 0.15) is 0 Å². The predicted octanol–water partition coefficient (Wildman–Crippen LogP) is 0.553. The summed E-state index contributed by atoms with van der Waals surface area (Å²) in [6.45, 7) is 5.42. The number of nitrogens with one attached hydrogen (secondary N) is 1. The summed E-state index contributed by atoms with van der Waals surface area (Å²) in [4.78, 5) is 10.6. The molecular weight excluding hydrogens is 202 g/mol. The van der Waals surface area contributed by atoms with Crippen LogP contribution in [0.25, 0.3) is 0 Å². The normalized spacial score (nSPS) is 17.4. The molecule has 0 bridgehead atoms. The first-order valence-corrected chi connectivity index (χ1v) is 5.82. The molecule has 0 aliphatic heterocycles. The number of aliphatic carboxylic acids is 1. The van der Waals surface area contributed by atoms with Crippen molar-refractivity contribution >= 4 is 17.7 Å². The Hall–Kier alpha value is -0.260. The summed E-state index contributed by atoms with van der Waals surface area (Å²) in [6.07, 6.45) is 0. The summed E-state index contributed by atoms with van der Waals surface area (Å²) in [5, 5.41) is 21.0. The standard InChI is InChI=1S/C9H19NO3S/c1-4-14-5-7(2)10-6-9(3,13)8(11)12/h7,10,13H,4-6H2,1-3H3,(H,11,12). The molecule has 0 rings (SSSR count). The Morgan fingerprint density at radius 1 is 1.64 bits per heavy atom. The number of hydrogen-bond acceptors (Lipinski definition) is 4. The molecule has 0 aromatic heterocycles. The summed E-state index contributed by atoms with van der Waals surface area (Å²) in [5.74, 6) is 0.772. The van der Waals surface area contributed by atoms with Crippen LogP contribution in [0.2, 0.25) is 0 Å². The zero-order valence-corrected chi connectivity index (χ0v) is 9.73. The first-order chi connectivity index (χ1) is 6.40. The van der Waals surface area contributed by atoms with Crippen molar-refractivity contribution in [1.82, 2.24) is 5.32 Å². The molecule has 0 aromatic rings. The van der Waals surface area contributed by atoms with Gasteiger partial charge in [-0.2, -0.15) is 11.8 Å². The third-order valence-corrected chi connectivity index (χ3v) is 2.97. The molecule has 0 radical (unpaired) electrons. The lowest BCUT2D eigenvalue weighted by molar-refractivity contribution is -0.156. The summed E-state index contributed by atoms with van der Waals surface area (Å²) in [7, 11) is 0. The van der Waals surface area contributed by atoms with Crippen LogP contribution in [0.4, 0.5) is 0 Å². The maximum atomic E-state index is 10.6. The number of hydrogen-bond donors (Lipinski definition) is 3. The summed E-state index contributed by atoms with van der Waals surface area (Å²) < 4.78 is 0. The van der Waals surface area contributed by atoms with Crippen LogP contribution in [0.1, 0.15) is 20.8 Å². The van der Waals surface area contributed by atoms with Gasteiger partial charge in [0.05, 0.1) is 0 Å². The van der Waals surface area contributed by atoms with Crippen LogP contribution in [0.3, 0.4) is 0 Å². The topological polar surface area (TPSA) is 69.6 Å². The van der Waals surface area contributed by atoms with Crippen LogP contribution in [-0.2, 0) is 4.79 Å². The minimum absolute atomic E-state index is 0.0772. The number of rotatable bonds is 7. The van der Waals surface area contributed by atoms with Crippen LogP contribution in [0.15, 0.2) is 0 Å². The van der Waals surface area contributed by atoms with E-state index in [1.165, 1.54) is 6.92 Å². The zero-order valence-electron chi connectivity index (χ0n) is 8.91. The van der Waals surface area contributed by atoms with Crippen molar-refractivity contribution in [2.75, 3.05) is 18.1 Å². The summed E-state index contributed by atoms with van der Waals surface area (Å²) >= 11 is 1.78. The van der Waals surface area contributed by atoms with Gasteiger partial charge in [0.25, 0.3) is 0 Å². The van der Waals surface area contributed by atoms with Crippen molar-refractivity contribution < 1.29 is 15.0 Å². The quantitative estimate of drug-likeness (QED) is 0.586. The van der Waals surface area contributed by atoms with E-state index in [0.717, 1.165) is 11.5 Å². The Morgan fingerprint density at radius 3 is 2.64 bits per heavy atom. The molecule has 0 saturated heterocycles. The fourth-order valence-corrected chi connectivity index (χ4v) is 1.51. The molecule has 4 nitrogen and oxygen atoms in total. The lowest BCUT2D eigenvalue weighted by Crippen LogP contribution is -2.47. The van der Waals surface area contributed by atoms with Gasteiger partial charge < -0.3 is 15.5 Å². The predicted molar refractivity (Wildman–Crippen MR) is 58.7 cm³/mol. The number of thioether (sulfide) groups is 1. The van der Waals surface area contributed by atoms with E-state index in [1.807, 2.05) is 6.92 Å². The lowest BCUT2D eigenvalue weighted by atomic mass is 10.1. The SMILES string of the molecule is CCSCC(C)NCC(C)(O)C(=O)O. The number of carboxylic acid groups (broad SMARTS) is 1. The Bertz CT molecular complexity index is 185. The zero-order chi connectivity index (χ0) is 11.2. The van der Waals surface area contributed by atoms with E-state index in [9.17, 15) is 9.90 Å². The van der Waals surface area contributed by atoms with Crippen LogP contribution >= 0.6 is 11.8 Å². The summed E-state index contributed by atoms with van der Waals surface area (Å²) in [6, 6.07) is 0.214. The van der Waals surface area contributed by atoms with Gasteiger partial charge in [-0.25, -0.2) is 4.79 Å². The monoisotopic (exact) mass is 221 g/mol. The van der Waals surface area contributed by atoms with E-state index in [-0.39, 0.29) is 12.6 Å². The number of aliphatic hydroxyl groups is 1. The Labute approximate surface area is 89.1 Å². The largest absolute Gasteiger partial charge is 0.479 e.